The predicted molar refractivity (Wildman–Crippen MR) is 128 cm³/mol. The van der Waals surface area contributed by atoms with E-state index in [1.807, 2.05) is 24.3 Å². The Bertz CT molecular complexity index is 1080. The molecule has 0 radical (unpaired) electrons. The van der Waals surface area contributed by atoms with Crippen molar-refractivity contribution in [3.05, 3.63) is 70.3 Å². The van der Waals surface area contributed by atoms with Gasteiger partial charge in [0.05, 0.1) is 22.3 Å². The van der Waals surface area contributed by atoms with Crippen LogP contribution in [0.5, 0.6) is 0 Å². The molecule has 1 aliphatic rings. The first kappa shape index (κ1) is 24.5. The van der Waals surface area contributed by atoms with E-state index in [9.17, 15) is 19.7 Å². The second-order valence-corrected chi connectivity index (χ2v) is 9.29. The van der Waals surface area contributed by atoms with Crippen LogP contribution in [0.4, 0.5) is 5.69 Å². The fourth-order valence-corrected chi connectivity index (χ4v) is 4.99. The van der Waals surface area contributed by atoms with Crippen molar-refractivity contribution in [1.29, 1.82) is 0 Å². The monoisotopic (exact) mass is 468 g/mol. The number of rotatable bonds is 8. The Morgan fingerprint density at radius 3 is 2.64 bits per heavy atom. The Morgan fingerprint density at radius 2 is 1.97 bits per heavy atom. The van der Waals surface area contributed by atoms with Crippen molar-refractivity contribution in [3.63, 3.8) is 0 Å². The van der Waals surface area contributed by atoms with Gasteiger partial charge in [0.25, 0.3) is 11.6 Å². The van der Waals surface area contributed by atoms with Crippen molar-refractivity contribution in [2.24, 2.45) is 5.92 Å². The Labute approximate surface area is 198 Å². The van der Waals surface area contributed by atoms with Crippen molar-refractivity contribution in [2.45, 2.75) is 42.9 Å². The number of carbonyl (C=O) groups excluding carboxylic acids is 2. The molecular weight excluding hydrogens is 440 g/mol. The number of benzene rings is 2. The van der Waals surface area contributed by atoms with E-state index in [0.717, 1.165) is 10.5 Å². The summed E-state index contributed by atoms with van der Waals surface area (Å²) in [5.41, 5.74) is 1.61. The standard InChI is InChI=1S/C25H28N2O5S/c1-5-32-25(29)19-12-13-26(15-19)24(28)17(4)18-10-11-23(21(14-18)27(30)31)33-22-9-7-6-8-20(22)16(2)3/h6-11,14,16,19H,4-5,12-13,15H2,1-3H3. The molecule has 174 valence electrons. The molecular formula is C25H28N2O5S. The zero-order chi connectivity index (χ0) is 24.1. The molecule has 0 saturated carbocycles. The van der Waals surface area contributed by atoms with Crippen LogP contribution in [-0.2, 0) is 14.3 Å². The Hall–Kier alpha value is -3.13. The third-order valence-electron chi connectivity index (χ3n) is 5.62. The van der Waals surface area contributed by atoms with Crippen molar-refractivity contribution in [1.82, 2.24) is 4.90 Å². The van der Waals surface area contributed by atoms with Crippen LogP contribution >= 0.6 is 11.8 Å². The maximum Gasteiger partial charge on any atom is 0.310 e. The summed E-state index contributed by atoms with van der Waals surface area (Å²) >= 11 is 1.34. The van der Waals surface area contributed by atoms with Crippen LogP contribution < -0.4 is 0 Å². The van der Waals surface area contributed by atoms with E-state index >= 15 is 0 Å². The molecule has 3 rings (SSSR count). The van der Waals surface area contributed by atoms with Gasteiger partial charge in [0.15, 0.2) is 0 Å². The summed E-state index contributed by atoms with van der Waals surface area (Å²) in [4.78, 5) is 39.3. The van der Waals surface area contributed by atoms with E-state index in [0.29, 0.717) is 30.0 Å². The number of hydrogen-bond acceptors (Lipinski definition) is 6. The molecule has 0 N–H and O–H groups in total. The van der Waals surface area contributed by atoms with Gasteiger partial charge in [0.1, 0.15) is 0 Å². The average molecular weight is 469 g/mol. The maximum absolute atomic E-state index is 12.9. The molecule has 0 bridgehead atoms. The second kappa shape index (κ2) is 10.7. The largest absolute Gasteiger partial charge is 0.466 e. The summed E-state index contributed by atoms with van der Waals surface area (Å²) in [6.45, 7) is 10.8. The zero-order valence-electron chi connectivity index (χ0n) is 19.1. The molecule has 1 aliphatic heterocycles. The first-order valence-corrected chi connectivity index (χ1v) is 11.7. The summed E-state index contributed by atoms with van der Waals surface area (Å²) in [5, 5.41) is 11.8. The number of carbonyl (C=O) groups is 2. The number of nitrogens with zero attached hydrogens (tertiary/aromatic N) is 2. The summed E-state index contributed by atoms with van der Waals surface area (Å²) in [5.74, 6) is -0.710. The molecule has 0 aliphatic carbocycles. The molecule has 1 saturated heterocycles. The smallest absolute Gasteiger partial charge is 0.310 e. The van der Waals surface area contributed by atoms with Crippen molar-refractivity contribution < 1.29 is 19.2 Å². The number of hydrogen-bond donors (Lipinski definition) is 0. The van der Waals surface area contributed by atoms with Gasteiger partial charge in [-0.3, -0.25) is 19.7 Å². The van der Waals surface area contributed by atoms with E-state index in [4.69, 9.17) is 4.74 Å². The molecule has 2 aromatic rings. The Morgan fingerprint density at radius 1 is 1.24 bits per heavy atom. The first-order valence-electron chi connectivity index (χ1n) is 10.9. The third kappa shape index (κ3) is 5.63. The van der Waals surface area contributed by atoms with Gasteiger partial charge in [-0.15, -0.1) is 0 Å². The molecule has 2 aromatic carbocycles. The number of nitro benzene ring substituents is 1. The molecule has 8 heteroatoms. The zero-order valence-corrected chi connectivity index (χ0v) is 19.9. The SMILES string of the molecule is C=C(C(=O)N1CCC(C(=O)OCC)C1)c1ccc(Sc2ccccc2C(C)C)c([N+](=O)[O-])c1. The van der Waals surface area contributed by atoms with Crippen molar-refractivity contribution >= 4 is 34.9 Å². The first-order chi connectivity index (χ1) is 15.7. The highest BCUT2D eigenvalue weighted by Gasteiger charge is 2.33. The minimum Gasteiger partial charge on any atom is -0.466 e. The molecule has 1 unspecified atom stereocenters. The van der Waals surface area contributed by atoms with Crippen molar-refractivity contribution in [3.8, 4) is 0 Å². The normalized spacial score (nSPS) is 15.5. The lowest BCUT2D eigenvalue weighted by atomic mass is 10.0. The topological polar surface area (TPSA) is 89.8 Å². The van der Waals surface area contributed by atoms with Gasteiger partial charge in [-0.05, 0) is 42.5 Å². The lowest BCUT2D eigenvalue weighted by molar-refractivity contribution is -0.387. The predicted octanol–water partition coefficient (Wildman–Crippen LogP) is 5.29. The highest BCUT2D eigenvalue weighted by Crippen LogP contribution is 2.39. The van der Waals surface area contributed by atoms with E-state index in [-0.39, 0.29) is 41.5 Å². The van der Waals surface area contributed by atoms with Crippen LogP contribution in [-0.4, -0.2) is 41.4 Å². The van der Waals surface area contributed by atoms with Crippen LogP contribution in [0.1, 0.15) is 44.2 Å². The van der Waals surface area contributed by atoms with Crippen LogP contribution in [0.15, 0.2) is 58.8 Å². The molecule has 1 amide bonds. The van der Waals surface area contributed by atoms with Crippen LogP contribution in [0.25, 0.3) is 5.57 Å². The fourth-order valence-electron chi connectivity index (χ4n) is 3.81. The third-order valence-corrected chi connectivity index (χ3v) is 6.78. The molecule has 33 heavy (non-hydrogen) atoms. The molecule has 1 fully saturated rings. The van der Waals surface area contributed by atoms with E-state index in [1.165, 1.54) is 17.8 Å². The lowest BCUT2D eigenvalue weighted by Gasteiger charge is -2.18. The number of amides is 1. The van der Waals surface area contributed by atoms with Crippen LogP contribution in [0.2, 0.25) is 0 Å². The van der Waals surface area contributed by atoms with E-state index in [1.54, 1.807) is 24.0 Å². The minimum absolute atomic E-state index is 0.0733. The number of nitro groups is 1. The van der Waals surface area contributed by atoms with Gasteiger partial charge in [-0.1, -0.05) is 56.5 Å². The van der Waals surface area contributed by atoms with Gasteiger partial charge < -0.3 is 9.64 Å². The molecule has 0 aromatic heterocycles. The van der Waals surface area contributed by atoms with Gasteiger partial charge in [-0.2, -0.15) is 0 Å². The van der Waals surface area contributed by atoms with Gasteiger partial charge in [0.2, 0.25) is 0 Å². The summed E-state index contributed by atoms with van der Waals surface area (Å²) in [6, 6.07) is 12.6. The summed E-state index contributed by atoms with van der Waals surface area (Å²) in [6.07, 6.45) is 0.531. The van der Waals surface area contributed by atoms with Gasteiger partial charge >= 0.3 is 5.97 Å². The van der Waals surface area contributed by atoms with E-state index in [2.05, 4.69) is 20.4 Å². The Balaban J connectivity index is 1.80. The maximum atomic E-state index is 12.9. The van der Waals surface area contributed by atoms with Gasteiger partial charge in [0, 0.05) is 29.6 Å². The molecule has 1 heterocycles. The minimum atomic E-state index is -0.436. The number of esters is 1. The second-order valence-electron chi connectivity index (χ2n) is 8.20. The Kier molecular flexibility index (Phi) is 7.92. The number of likely N-dealkylation sites (tertiary alicyclic amines) is 1. The molecule has 1 atom stereocenters. The quantitative estimate of drug-likeness (QED) is 0.226. The van der Waals surface area contributed by atoms with Crippen molar-refractivity contribution in [2.75, 3.05) is 19.7 Å². The van der Waals surface area contributed by atoms with Crippen LogP contribution in [0.3, 0.4) is 0 Å². The summed E-state index contributed by atoms with van der Waals surface area (Å²) < 4.78 is 5.05. The molecule has 0 spiro atoms. The van der Waals surface area contributed by atoms with E-state index < -0.39 is 4.92 Å². The van der Waals surface area contributed by atoms with Gasteiger partial charge in [-0.25, -0.2) is 0 Å². The number of ether oxygens (including phenoxy) is 1. The van der Waals surface area contributed by atoms with Crippen LogP contribution in [0, 0.1) is 16.0 Å². The summed E-state index contributed by atoms with van der Waals surface area (Å²) in [7, 11) is 0. The highest BCUT2D eigenvalue weighted by molar-refractivity contribution is 7.99. The fraction of sp³-hybridized carbons (Fsp3) is 0.360. The highest BCUT2D eigenvalue weighted by atomic mass is 32.2. The lowest BCUT2D eigenvalue weighted by Crippen LogP contribution is -2.30. The molecule has 7 nitrogen and oxygen atoms in total. The average Bonchev–Trinajstić information content (AvgIpc) is 3.29.